The lowest BCUT2D eigenvalue weighted by Gasteiger charge is -2.31. The molecule has 0 aliphatic carbocycles. The van der Waals surface area contributed by atoms with Gasteiger partial charge in [-0.2, -0.15) is 0 Å². The molecule has 1 N–H and O–H groups in total. The Morgan fingerprint density at radius 3 is 1.89 bits per heavy atom. The van der Waals surface area contributed by atoms with Gasteiger partial charge < -0.3 is 14.4 Å². The van der Waals surface area contributed by atoms with Gasteiger partial charge in [-0.15, -0.1) is 0 Å². The lowest BCUT2D eigenvalue weighted by Crippen LogP contribution is -2.28. The van der Waals surface area contributed by atoms with E-state index < -0.39 is 33.1 Å². The number of nitrogens with one attached hydrogen (secondary N) is 1. The van der Waals surface area contributed by atoms with Gasteiger partial charge in [-0.25, -0.2) is 8.96 Å². The molecule has 2 atom stereocenters. The normalized spacial score (nSPS) is 14.1. The molecule has 2 unspecified atom stereocenters. The quantitative estimate of drug-likeness (QED) is 0.222. The van der Waals surface area contributed by atoms with Gasteiger partial charge in [-0.3, -0.25) is 18.1 Å². The van der Waals surface area contributed by atoms with Gasteiger partial charge in [0.05, 0.1) is 26.4 Å². The average molecular weight is 531 g/mol. The molecule has 0 aromatic heterocycles. The Hall–Kier alpha value is -1.41. The fourth-order valence-corrected chi connectivity index (χ4v) is 7.09. The fraction of sp³-hybridized carbons (Fsp3) is 0.500. The van der Waals surface area contributed by atoms with E-state index in [1.165, 1.54) is 6.07 Å². The van der Waals surface area contributed by atoms with Crippen molar-refractivity contribution in [3.63, 3.8) is 0 Å². The van der Waals surface area contributed by atoms with Crippen molar-refractivity contribution in [1.29, 1.82) is 0 Å². The molecule has 35 heavy (non-hydrogen) atoms. The molecule has 2 aromatic rings. The van der Waals surface area contributed by atoms with Crippen molar-refractivity contribution in [1.82, 2.24) is 5.32 Å². The molecule has 0 amide bonds. The Bertz CT molecular complexity index is 959. The van der Waals surface area contributed by atoms with Crippen molar-refractivity contribution in [3.05, 3.63) is 71.5 Å². The zero-order chi connectivity index (χ0) is 25.7. The Labute approximate surface area is 207 Å². The molecule has 0 fully saturated rings. The second kappa shape index (κ2) is 15.0. The van der Waals surface area contributed by atoms with E-state index in [2.05, 4.69) is 5.32 Å². The van der Waals surface area contributed by atoms with Crippen LogP contribution >= 0.6 is 15.4 Å². The van der Waals surface area contributed by atoms with E-state index in [0.29, 0.717) is 12.1 Å². The van der Waals surface area contributed by atoms with Crippen LogP contribution in [0.5, 0.6) is 0 Å². The van der Waals surface area contributed by atoms with Crippen molar-refractivity contribution in [2.75, 3.05) is 26.4 Å². The molecule has 0 heterocycles. The molecule has 2 rings (SSSR count). The number of phosphoric ester groups is 1. The minimum atomic E-state index is -4.11. The smallest absolute Gasteiger partial charge is 0.307 e. The highest BCUT2D eigenvalue weighted by molar-refractivity contribution is 7.56. The molecule has 0 saturated heterocycles. The highest BCUT2D eigenvalue weighted by Gasteiger charge is 2.44. The Morgan fingerprint density at radius 1 is 0.800 bits per heavy atom. The first kappa shape index (κ1) is 29.8. The summed E-state index contributed by atoms with van der Waals surface area (Å²) < 4.78 is 69.3. The van der Waals surface area contributed by atoms with E-state index in [0.717, 1.165) is 5.56 Å². The van der Waals surface area contributed by atoms with Gasteiger partial charge in [0.1, 0.15) is 5.82 Å². The van der Waals surface area contributed by atoms with Crippen molar-refractivity contribution in [2.24, 2.45) is 0 Å². The van der Waals surface area contributed by atoms with Crippen LogP contribution in [-0.2, 0) is 38.3 Å². The van der Waals surface area contributed by atoms with Gasteiger partial charge in [-0.05, 0) is 39.3 Å². The van der Waals surface area contributed by atoms with Crippen LogP contribution < -0.4 is 5.32 Å². The topological polar surface area (TPSA) is 92.3 Å². The van der Waals surface area contributed by atoms with Crippen LogP contribution in [0.25, 0.3) is 0 Å². The Kier molecular flexibility index (Phi) is 12.8. The zero-order valence-corrected chi connectivity index (χ0v) is 22.5. The third kappa shape index (κ3) is 9.19. The standard InChI is InChI=1S/C24H36FNO7P2/c1-5-29-34(27,30-6-2)24(33-35(28,31-7-3)32-8-4)18-23(21-16-12-13-17-22(21)25)26-19-20-14-10-9-11-15-20/h9-17,23-24,26H,5-8,18-19H2,1-4H3. The van der Waals surface area contributed by atoms with E-state index in [1.807, 2.05) is 30.3 Å². The summed E-state index contributed by atoms with van der Waals surface area (Å²) >= 11 is 0. The highest BCUT2D eigenvalue weighted by Crippen LogP contribution is 2.62. The van der Waals surface area contributed by atoms with Crippen molar-refractivity contribution in [3.8, 4) is 0 Å². The summed E-state index contributed by atoms with van der Waals surface area (Å²) in [5.74, 6) is -1.81. The molecule has 0 aliphatic heterocycles. The van der Waals surface area contributed by atoms with Gasteiger partial charge in [0.25, 0.3) is 0 Å². The summed E-state index contributed by atoms with van der Waals surface area (Å²) in [6, 6.07) is 15.2. The second-order valence-electron chi connectivity index (χ2n) is 7.39. The van der Waals surface area contributed by atoms with Gasteiger partial charge in [-0.1, -0.05) is 48.5 Å². The van der Waals surface area contributed by atoms with Crippen LogP contribution in [0.15, 0.2) is 54.6 Å². The third-order valence-corrected chi connectivity index (χ3v) is 9.00. The van der Waals surface area contributed by atoms with E-state index in [9.17, 15) is 13.5 Å². The maximum atomic E-state index is 14.9. The molecular formula is C24H36FNO7P2. The molecule has 11 heteroatoms. The van der Waals surface area contributed by atoms with Crippen molar-refractivity contribution >= 4 is 15.4 Å². The summed E-state index contributed by atoms with van der Waals surface area (Å²) in [6.45, 7) is 7.20. The summed E-state index contributed by atoms with van der Waals surface area (Å²) in [4.78, 5) is 0. The van der Waals surface area contributed by atoms with E-state index in [1.54, 1.807) is 45.9 Å². The average Bonchev–Trinajstić information content (AvgIpc) is 2.83. The summed E-state index contributed by atoms with van der Waals surface area (Å²) in [6.07, 6.45) is -0.0881. The van der Waals surface area contributed by atoms with Crippen LogP contribution in [0.2, 0.25) is 0 Å². The fourth-order valence-electron chi connectivity index (χ4n) is 3.47. The molecule has 0 bridgehead atoms. The Balaban J connectivity index is 2.46. The first-order chi connectivity index (χ1) is 16.8. The molecule has 0 saturated carbocycles. The number of hydrogen-bond acceptors (Lipinski definition) is 8. The van der Waals surface area contributed by atoms with Crippen LogP contribution in [0.3, 0.4) is 0 Å². The minimum Gasteiger partial charge on any atom is -0.307 e. The summed E-state index contributed by atoms with van der Waals surface area (Å²) in [7, 11) is -8.08. The molecule has 0 aliphatic rings. The largest absolute Gasteiger partial charge is 0.475 e. The van der Waals surface area contributed by atoms with Gasteiger partial charge >= 0.3 is 15.4 Å². The predicted octanol–water partition coefficient (Wildman–Crippen LogP) is 6.84. The monoisotopic (exact) mass is 531 g/mol. The summed E-state index contributed by atoms with van der Waals surface area (Å²) in [5.41, 5.74) is 1.30. The minimum absolute atomic E-state index is 0.0422. The number of hydrogen-bond donors (Lipinski definition) is 1. The predicted molar refractivity (Wildman–Crippen MR) is 134 cm³/mol. The first-order valence-electron chi connectivity index (χ1n) is 11.8. The molecular weight excluding hydrogens is 495 g/mol. The first-order valence-corrected chi connectivity index (χ1v) is 14.9. The van der Waals surface area contributed by atoms with E-state index >= 15 is 0 Å². The van der Waals surface area contributed by atoms with Gasteiger partial charge in [0, 0.05) is 24.6 Å². The Morgan fingerprint density at radius 2 is 1.34 bits per heavy atom. The van der Waals surface area contributed by atoms with Crippen molar-refractivity contribution in [2.45, 2.75) is 52.5 Å². The molecule has 196 valence electrons. The molecule has 2 aromatic carbocycles. The zero-order valence-electron chi connectivity index (χ0n) is 20.7. The van der Waals surface area contributed by atoms with Gasteiger partial charge in [0.2, 0.25) is 0 Å². The van der Waals surface area contributed by atoms with Gasteiger partial charge in [0.15, 0.2) is 5.85 Å². The third-order valence-electron chi connectivity index (χ3n) is 4.91. The number of rotatable bonds is 17. The molecule has 0 radical (unpaired) electrons. The lowest BCUT2D eigenvalue weighted by molar-refractivity contribution is 0.0819. The van der Waals surface area contributed by atoms with Crippen LogP contribution in [0, 0.1) is 5.82 Å². The maximum Gasteiger partial charge on any atom is 0.475 e. The van der Waals surface area contributed by atoms with Crippen LogP contribution in [0.4, 0.5) is 4.39 Å². The number of halogens is 1. The van der Waals surface area contributed by atoms with Crippen molar-refractivity contribution < 1.29 is 36.1 Å². The molecule has 8 nitrogen and oxygen atoms in total. The second-order valence-corrected chi connectivity index (χ2v) is 11.2. The molecule has 0 spiro atoms. The van der Waals surface area contributed by atoms with E-state index in [4.69, 9.17) is 22.6 Å². The van der Waals surface area contributed by atoms with E-state index in [-0.39, 0.29) is 32.8 Å². The number of benzene rings is 2. The SMILES string of the molecule is CCOP(=O)(OCC)OC(CC(NCc1ccccc1)c1ccccc1F)P(=O)(OCC)OCC. The van der Waals surface area contributed by atoms with Crippen LogP contribution in [-0.4, -0.2) is 32.3 Å². The van der Waals surface area contributed by atoms with Crippen LogP contribution in [0.1, 0.15) is 51.3 Å². The number of phosphoric acid groups is 1. The summed E-state index contributed by atoms with van der Waals surface area (Å²) in [5, 5.41) is 3.31. The lowest BCUT2D eigenvalue weighted by atomic mass is 10.0. The highest BCUT2D eigenvalue weighted by atomic mass is 31.2. The maximum absolute atomic E-state index is 14.9.